The molecule has 6 heteroatoms. The van der Waals surface area contributed by atoms with Gasteiger partial charge in [0.25, 0.3) is 5.91 Å². The number of nitrogens with zero attached hydrogens (tertiary/aromatic N) is 1. The van der Waals surface area contributed by atoms with E-state index in [2.05, 4.69) is 17.4 Å². The number of carbonyl (C=O) groups excluding carboxylic acids is 1. The fourth-order valence-corrected chi connectivity index (χ4v) is 5.64. The van der Waals surface area contributed by atoms with E-state index in [0.29, 0.717) is 22.1 Å². The Labute approximate surface area is 196 Å². The third-order valence-electron chi connectivity index (χ3n) is 6.06. The van der Waals surface area contributed by atoms with Gasteiger partial charge in [-0.3, -0.25) is 4.79 Å². The van der Waals surface area contributed by atoms with Gasteiger partial charge in [-0.25, -0.2) is 4.98 Å². The molecule has 2 aromatic carbocycles. The number of pyridine rings is 1. The van der Waals surface area contributed by atoms with E-state index in [1.807, 2.05) is 42.5 Å². The maximum Gasteiger partial charge on any atom is 0.263 e. The molecule has 0 radical (unpaired) electrons. The molecule has 4 aromatic rings. The molecule has 0 unspecified atom stereocenters. The molecule has 0 saturated carbocycles. The van der Waals surface area contributed by atoms with Crippen molar-refractivity contribution < 1.29 is 4.79 Å². The number of hydrogen-bond acceptors (Lipinski definition) is 4. The summed E-state index contributed by atoms with van der Waals surface area (Å²) >= 11 is 7.49. The number of halogens is 1. The summed E-state index contributed by atoms with van der Waals surface area (Å²) in [6.07, 6.45) is 4.98. The quantitative estimate of drug-likeness (QED) is 0.380. The molecule has 0 saturated heterocycles. The van der Waals surface area contributed by atoms with Crippen LogP contribution >= 0.6 is 22.9 Å². The van der Waals surface area contributed by atoms with E-state index in [1.165, 1.54) is 28.0 Å². The van der Waals surface area contributed by atoms with Gasteiger partial charge in [0.2, 0.25) is 0 Å². The second kappa shape index (κ2) is 8.93. The molecule has 4 nitrogen and oxygen atoms in total. The Balaban J connectivity index is 1.49. The molecule has 0 aliphatic heterocycles. The Hall–Kier alpha value is -2.89. The Morgan fingerprint density at radius 1 is 1.03 bits per heavy atom. The molecule has 2 heterocycles. The van der Waals surface area contributed by atoms with Crippen molar-refractivity contribution in [3.63, 3.8) is 0 Å². The van der Waals surface area contributed by atoms with Gasteiger partial charge >= 0.3 is 0 Å². The number of fused-ring (bicyclic) bond motifs is 3. The van der Waals surface area contributed by atoms with Crippen LogP contribution in [-0.2, 0) is 19.3 Å². The molecule has 3 N–H and O–H groups in total. The first-order valence-electron chi connectivity index (χ1n) is 10.9. The standard InChI is InChI=1S/C26H24ClN3OS/c27-18-12-10-17(11-13-18)23-20-9-5-4-8-19(20)21-22(28)24(32-26(21)30-23)25(31)29-15-14-16-6-2-1-3-7-16/h1-3,6-7,10-13H,4-5,8-9,14-15,28H2,(H,29,31). The summed E-state index contributed by atoms with van der Waals surface area (Å²) < 4.78 is 0. The molecule has 1 aliphatic rings. The molecule has 0 bridgehead atoms. The van der Waals surface area contributed by atoms with Gasteiger partial charge in [-0.05, 0) is 60.9 Å². The molecule has 162 valence electrons. The number of aryl methyl sites for hydroxylation is 1. The number of thiophene rings is 1. The molecule has 5 rings (SSSR count). The third kappa shape index (κ3) is 3.98. The third-order valence-corrected chi connectivity index (χ3v) is 7.41. The van der Waals surface area contributed by atoms with Crippen molar-refractivity contribution in [3.05, 3.63) is 81.2 Å². The molecule has 0 spiro atoms. The van der Waals surface area contributed by atoms with Crippen LogP contribution in [0.3, 0.4) is 0 Å². The predicted octanol–water partition coefficient (Wildman–Crippen LogP) is 6.05. The Morgan fingerprint density at radius 3 is 2.50 bits per heavy atom. The summed E-state index contributed by atoms with van der Waals surface area (Å²) in [4.78, 5) is 19.3. The molecular weight excluding hydrogens is 438 g/mol. The monoisotopic (exact) mass is 461 g/mol. The number of amides is 1. The van der Waals surface area contributed by atoms with Crippen LogP contribution in [0.2, 0.25) is 5.02 Å². The van der Waals surface area contributed by atoms with Crippen molar-refractivity contribution in [3.8, 4) is 11.3 Å². The van der Waals surface area contributed by atoms with Crippen LogP contribution < -0.4 is 11.1 Å². The number of aromatic nitrogens is 1. The van der Waals surface area contributed by atoms with Crippen molar-refractivity contribution in [1.82, 2.24) is 10.3 Å². The SMILES string of the molecule is Nc1c(C(=O)NCCc2ccccc2)sc2nc(-c3ccc(Cl)cc3)c3c(c12)CCCC3. The van der Waals surface area contributed by atoms with E-state index in [4.69, 9.17) is 22.3 Å². The minimum absolute atomic E-state index is 0.126. The predicted molar refractivity (Wildman–Crippen MR) is 134 cm³/mol. The molecule has 0 atom stereocenters. The zero-order chi connectivity index (χ0) is 22.1. The minimum Gasteiger partial charge on any atom is -0.397 e. The van der Waals surface area contributed by atoms with Crippen molar-refractivity contribution in [2.75, 3.05) is 12.3 Å². The summed E-state index contributed by atoms with van der Waals surface area (Å²) in [5, 5.41) is 4.71. The van der Waals surface area contributed by atoms with E-state index in [1.54, 1.807) is 0 Å². The van der Waals surface area contributed by atoms with Crippen LogP contribution in [-0.4, -0.2) is 17.4 Å². The van der Waals surface area contributed by atoms with Crippen molar-refractivity contribution in [1.29, 1.82) is 0 Å². The van der Waals surface area contributed by atoms with Gasteiger partial charge in [-0.15, -0.1) is 11.3 Å². The van der Waals surface area contributed by atoms with Crippen LogP contribution in [0, 0.1) is 0 Å². The largest absolute Gasteiger partial charge is 0.397 e. The molecule has 2 aromatic heterocycles. The summed E-state index contributed by atoms with van der Waals surface area (Å²) in [6.45, 7) is 0.568. The van der Waals surface area contributed by atoms with E-state index >= 15 is 0 Å². The number of nitrogens with one attached hydrogen (secondary N) is 1. The molecule has 1 amide bonds. The number of rotatable bonds is 5. The highest BCUT2D eigenvalue weighted by Crippen LogP contribution is 2.42. The van der Waals surface area contributed by atoms with E-state index in [9.17, 15) is 4.79 Å². The second-order valence-electron chi connectivity index (χ2n) is 8.15. The fraction of sp³-hybridized carbons (Fsp3) is 0.231. The first kappa shape index (κ1) is 21.0. The second-order valence-corrected chi connectivity index (χ2v) is 9.58. The number of nitrogens with two attached hydrogens (primary N) is 1. The minimum atomic E-state index is -0.126. The van der Waals surface area contributed by atoms with Crippen molar-refractivity contribution in [2.45, 2.75) is 32.1 Å². The number of anilines is 1. The van der Waals surface area contributed by atoms with E-state index < -0.39 is 0 Å². The smallest absolute Gasteiger partial charge is 0.263 e. The molecular formula is C26H24ClN3OS. The highest BCUT2D eigenvalue weighted by Gasteiger charge is 2.25. The van der Waals surface area contributed by atoms with Crippen LogP contribution in [0.5, 0.6) is 0 Å². The van der Waals surface area contributed by atoms with Crippen molar-refractivity contribution >= 4 is 44.7 Å². The van der Waals surface area contributed by atoms with Crippen molar-refractivity contribution in [2.24, 2.45) is 0 Å². The normalized spacial score (nSPS) is 13.2. The average Bonchev–Trinajstić information content (AvgIpc) is 3.16. The van der Waals surface area contributed by atoms with Gasteiger partial charge in [0, 0.05) is 22.5 Å². The van der Waals surface area contributed by atoms with Gasteiger partial charge in [0.05, 0.1) is 11.4 Å². The maximum absolute atomic E-state index is 13.0. The maximum atomic E-state index is 13.0. The Morgan fingerprint density at radius 2 is 1.75 bits per heavy atom. The first-order chi connectivity index (χ1) is 15.6. The van der Waals surface area contributed by atoms with Gasteiger partial charge in [-0.1, -0.05) is 54.1 Å². The summed E-state index contributed by atoms with van der Waals surface area (Å²) in [6, 6.07) is 18.0. The fourth-order valence-electron chi connectivity index (χ4n) is 4.47. The van der Waals surface area contributed by atoms with Gasteiger partial charge in [0.1, 0.15) is 9.71 Å². The van der Waals surface area contributed by atoms with Crippen LogP contribution in [0.15, 0.2) is 54.6 Å². The number of nitrogen functional groups attached to an aromatic ring is 1. The highest BCUT2D eigenvalue weighted by molar-refractivity contribution is 7.21. The summed E-state index contributed by atoms with van der Waals surface area (Å²) in [5.41, 5.74) is 12.9. The lowest BCUT2D eigenvalue weighted by molar-refractivity contribution is 0.0959. The number of carbonyl (C=O) groups is 1. The number of benzene rings is 2. The van der Waals surface area contributed by atoms with Crippen LogP contribution in [0.1, 0.15) is 39.2 Å². The lowest BCUT2D eigenvalue weighted by Gasteiger charge is -2.20. The molecule has 32 heavy (non-hydrogen) atoms. The molecule has 1 aliphatic carbocycles. The average molecular weight is 462 g/mol. The molecule has 0 fully saturated rings. The van der Waals surface area contributed by atoms with Gasteiger partial charge in [-0.2, -0.15) is 0 Å². The van der Waals surface area contributed by atoms with Gasteiger partial charge in [0.15, 0.2) is 0 Å². The first-order valence-corrected chi connectivity index (χ1v) is 12.1. The zero-order valence-corrected chi connectivity index (χ0v) is 19.2. The van der Waals surface area contributed by atoms with Crippen LogP contribution in [0.25, 0.3) is 21.5 Å². The van der Waals surface area contributed by atoms with Gasteiger partial charge < -0.3 is 11.1 Å². The summed E-state index contributed by atoms with van der Waals surface area (Å²) in [7, 11) is 0. The Kier molecular flexibility index (Phi) is 5.85. The topological polar surface area (TPSA) is 68.0 Å². The summed E-state index contributed by atoms with van der Waals surface area (Å²) in [5.74, 6) is -0.126. The lowest BCUT2D eigenvalue weighted by Crippen LogP contribution is -2.25. The number of hydrogen-bond donors (Lipinski definition) is 2. The van der Waals surface area contributed by atoms with Crippen LogP contribution in [0.4, 0.5) is 5.69 Å². The van der Waals surface area contributed by atoms with E-state index in [0.717, 1.165) is 53.6 Å². The zero-order valence-electron chi connectivity index (χ0n) is 17.7. The highest BCUT2D eigenvalue weighted by atomic mass is 35.5. The van der Waals surface area contributed by atoms with E-state index in [-0.39, 0.29) is 5.91 Å². The Bertz CT molecular complexity index is 1280. The lowest BCUT2D eigenvalue weighted by atomic mass is 9.87.